The van der Waals surface area contributed by atoms with E-state index in [1.165, 1.54) is 13.0 Å². The number of benzene rings is 1. The van der Waals surface area contributed by atoms with Gasteiger partial charge in [-0.1, -0.05) is 6.07 Å². The normalized spacial score (nSPS) is 11.5. The maximum Gasteiger partial charge on any atom is 0.351 e. The Bertz CT molecular complexity index is 441. The van der Waals surface area contributed by atoms with Crippen molar-refractivity contribution in [3.05, 3.63) is 40.6 Å². The summed E-state index contributed by atoms with van der Waals surface area (Å²) in [5.74, 6) is -3.07. The molecule has 1 rings (SSSR count). The van der Waals surface area contributed by atoms with Crippen LogP contribution in [-0.4, -0.2) is 11.1 Å². The number of nitrogens with two attached hydrogens (primary N) is 1. The van der Waals surface area contributed by atoms with E-state index in [-0.39, 0.29) is 5.56 Å². The molecular weight excluding hydrogens is 204 g/mol. The summed E-state index contributed by atoms with van der Waals surface area (Å²) in [5.41, 5.74) is 4.24. The molecule has 0 unspecified atom stereocenters. The second-order valence-electron chi connectivity index (χ2n) is 3.00. The third-order valence-electron chi connectivity index (χ3n) is 1.87. The number of hydrogen-bond donors (Lipinski definition) is 2. The summed E-state index contributed by atoms with van der Waals surface area (Å²) in [4.78, 5) is 10.4. The highest BCUT2D eigenvalue weighted by Crippen LogP contribution is 2.18. The summed E-state index contributed by atoms with van der Waals surface area (Å²) >= 11 is 0. The average Bonchev–Trinajstić information content (AvgIpc) is 2.18. The molecule has 0 bridgehead atoms. The highest BCUT2D eigenvalue weighted by atomic mass is 19.1. The molecule has 1 aromatic rings. The van der Waals surface area contributed by atoms with Crippen molar-refractivity contribution in [3.8, 4) is 0 Å². The molecule has 3 nitrogen and oxygen atoms in total. The molecule has 80 valence electrons. The second kappa shape index (κ2) is 4.08. The zero-order valence-corrected chi connectivity index (χ0v) is 7.92. The minimum absolute atomic E-state index is 0.223. The molecule has 0 aromatic heterocycles. The molecule has 0 heterocycles. The standard InChI is InChI=1S/C10H9F2NO2/c1-5-2-3-7(11)6(9(5)12)4-8(13)10(14)15/h2-4H,13H2,1H3,(H,14,15)/b8-4+. The van der Waals surface area contributed by atoms with Crippen molar-refractivity contribution < 1.29 is 18.7 Å². The van der Waals surface area contributed by atoms with Gasteiger partial charge in [-0.25, -0.2) is 13.6 Å². The summed E-state index contributed by atoms with van der Waals surface area (Å²) in [6.07, 6.45) is 0.764. The first-order chi connectivity index (χ1) is 6.93. The van der Waals surface area contributed by atoms with Crippen LogP contribution in [0.5, 0.6) is 0 Å². The molecule has 15 heavy (non-hydrogen) atoms. The quantitative estimate of drug-likeness (QED) is 0.734. The molecule has 5 heteroatoms. The van der Waals surface area contributed by atoms with E-state index in [9.17, 15) is 13.6 Å². The fourth-order valence-corrected chi connectivity index (χ4v) is 1.03. The van der Waals surface area contributed by atoms with Gasteiger partial charge in [-0.3, -0.25) is 0 Å². The Labute approximate surface area is 84.8 Å². The largest absolute Gasteiger partial charge is 0.477 e. The van der Waals surface area contributed by atoms with Gasteiger partial charge in [-0.05, 0) is 24.6 Å². The summed E-state index contributed by atoms with van der Waals surface area (Å²) in [6.45, 7) is 1.45. The lowest BCUT2D eigenvalue weighted by Crippen LogP contribution is -2.10. The molecule has 0 saturated carbocycles. The number of hydrogen-bond acceptors (Lipinski definition) is 2. The van der Waals surface area contributed by atoms with Crippen LogP contribution in [0.1, 0.15) is 11.1 Å². The van der Waals surface area contributed by atoms with Crippen LogP contribution in [0.2, 0.25) is 0 Å². The first-order valence-corrected chi connectivity index (χ1v) is 4.08. The molecule has 0 aliphatic heterocycles. The molecule has 0 amide bonds. The molecule has 0 aliphatic carbocycles. The lowest BCUT2D eigenvalue weighted by molar-refractivity contribution is -0.132. The Morgan fingerprint density at radius 1 is 1.47 bits per heavy atom. The minimum Gasteiger partial charge on any atom is -0.477 e. The third kappa shape index (κ3) is 2.31. The molecule has 0 atom stereocenters. The molecule has 0 saturated heterocycles. The van der Waals surface area contributed by atoms with Crippen LogP contribution in [0.15, 0.2) is 17.8 Å². The minimum atomic E-state index is -1.42. The van der Waals surface area contributed by atoms with Gasteiger partial charge in [0.05, 0.1) is 0 Å². The number of halogens is 2. The summed E-state index contributed by atoms with van der Waals surface area (Å²) in [6, 6.07) is 2.32. The van der Waals surface area contributed by atoms with Crippen molar-refractivity contribution in [2.45, 2.75) is 6.92 Å². The maximum atomic E-state index is 13.4. The highest BCUT2D eigenvalue weighted by Gasteiger charge is 2.11. The number of carboxylic acid groups (broad SMARTS) is 1. The van der Waals surface area contributed by atoms with Crippen molar-refractivity contribution in [2.24, 2.45) is 5.73 Å². The first-order valence-electron chi connectivity index (χ1n) is 4.08. The number of aryl methyl sites for hydroxylation is 1. The fourth-order valence-electron chi connectivity index (χ4n) is 1.03. The number of aliphatic carboxylic acids is 1. The number of carboxylic acids is 1. The van der Waals surface area contributed by atoms with Gasteiger partial charge in [-0.2, -0.15) is 0 Å². The molecule has 0 radical (unpaired) electrons. The summed E-state index contributed by atoms with van der Waals surface area (Å²) in [5, 5.41) is 8.46. The van der Waals surface area contributed by atoms with E-state index in [0.29, 0.717) is 0 Å². The van der Waals surface area contributed by atoms with Gasteiger partial charge in [0.2, 0.25) is 0 Å². The van der Waals surface area contributed by atoms with Gasteiger partial charge in [-0.15, -0.1) is 0 Å². The third-order valence-corrected chi connectivity index (χ3v) is 1.87. The van der Waals surface area contributed by atoms with Crippen molar-refractivity contribution >= 4 is 12.0 Å². The molecule has 1 aromatic carbocycles. The van der Waals surface area contributed by atoms with E-state index in [4.69, 9.17) is 10.8 Å². The molecule has 0 aliphatic rings. The SMILES string of the molecule is Cc1ccc(F)c(/C=C(/N)C(=O)O)c1F. The van der Waals surface area contributed by atoms with Crippen molar-refractivity contribution in [1.82, 2.24) is 0 Å². The fraction of sp³-hybridized carbons (Fsp3) is 0.100. The predicted octanol–water partition coefficient (Wildman–Crippen LogP) is 1.66. The average molecular weight is 213 g/mol. The van der Waals surface area contributed by atoms with Crippen LogP contribution < -0.4 is 5.73 Å². The smallest absolute Gasteiger partial charge is 0.351 e. The van der Waals surface area contributed by atoms with Gasteiger partial charge in [0.15, 0.2) is 0 Å². The zero-order chi connectivity index (χ0) is 11.6. The number of carbonyl (C=O) groups is 1. The Balaban J connectivity index is 3.32. The van der Waals surface area contributed by atoms with E-state index in [0.717, 1.165) is 12.1 Å². The van der Waals surface area contributed by atoms with Gasteiger partial charge >= 0.3 is 5.97 Å². The Morgan fingerprint density at radius 2 is 2.07 bits per heavy atom. The Morgan fingerprint density at radius 3 is 2.60 bits per heavy atom. The Kier molecular flexibility index (Phi) is 3.04. The monoisotopic (exact) mass is 213 g/mol. The van der Waals surface area contributed by atoms with E-state index in [1.807, 2.05) is 0 Å². The van der Waals surface area contributed by atoms with E-state index >= 15 is 0 Å². The van der Waals surface area contributed by atoms with Crippen molar-refractivity contribution in [2.75, 3.05) is 0 Å². The Hall–Kier alpha value is -1.91. The molecule has 0 fully saturated rings. The highest BCUT2D eigenvalue weighted by molar-refractivity contribution is 5.91. The lowest BCUT2D eigenvalue weighted by Gasteiger charge is -2.03. The number of rotatable bonds is 2. The van der Waals surface area contributed by atoms with Crippen molar-refractivity contribution in [1.29, 1.82) is 0 Å². The topological polar surface area (TPSA) is 63.3 Å². The van der Waals surface area contributed by atoms with Crippen LogP contribution in [0, 0.1) is 18.6 Å². The van der Waals surface area contributed by atoms with Crippen LogP contribution >= 0.6 is 0 Å². The summed E-state index contributed by atoms with van der Waals surface area (Å²) < 4.78 is 26.5. The summed E-state index contributed by atoms with van der Waals surface area (Å²) in [7, 11) is 0. The van der Waals surface area contributed by atoms with E-state index < -0.39 is 28.9 Å². The van der Waals surface area contributed by atoms with Crippen LogP contribution in [0.25, 0.3) is 6.08 Å². The predicted molar refractivity (Wildman–Crippen MR) is 50.9 cm³/mol. The molecule has 0 spiro atoms. The molecule has 3 N–H and O–H groups in total. The first kappa shape index (κ1) is 11.2. The van der Waals surface area contributed by atoms with Gasteiger partial charge in [0.1, 0.15) is 17.3 Å². The zero-order valence-electron chi connectivity index (χ0n) is 7.92. The van der Waals surface area contributed by atoms with Crippen LogP contribution in [-0.2, 0) is 4.79 Å². The van der Waals surface area contributed by atoms with Crippen molar-refractivity contribution in [3.63, 3.8) is 0 Å². The van der Waals surface area contributed by atoms with Gasteiger partial charge < -0.3 is 10.8 Å². The van der Waals surface area contributed by atoms with Crippen LogP contribution in [0.4, 0.5) is 8.78 Å². The van der Waals surface area contributed by atoms with Crippen LogP contribution in [0.3, 0.4) is 0 Å². The lowest BCUT2D eigenvalue weighted by atomic mass is 10.1. The second-order valence-corrected chi connectivity index (χ2v) is 3.00. The van der Waals surface area contributed by atoms with E-state index in [2.05, 4.69) is 0 Å². The van der Waals surface area contributed by atoms with Gasteiger partial charge in [0, 0.05) is 5.56 Å². The molecular formula is C10H9F2NO2. The van der Waals surface area contributed by atoms with Gasteiger partial charge in [0.25, 0.3) is 0 Å². The van der Waals surface area contributed by atoms with E-state index in [1.54, 1.807) is 0 Å². The maximum absolute atomic E-state index is 13.4.